The van der Waals surface area contributed by atoms with Gasteiger partial charge in [-0.1, -0.05) is 6.07 Å². The lowest BCUT2D eigenvalue weighted by molar-refractivity contribution is 0.373. The highest BCUT2D eigenvalue weighted by atomic mass is 16.5. The molecule has 18 heavy (non-hydrogen) atoms. The molecule has 96 valence electrons. The van der Waals surface area contributed by atoms with Gasteiger partial charge in [-0.25, -0.2) is 0 Å². The zero-order valence-corrected chi connectivity index (χ0v) is 10.1. The van der Waals surface area contributed by atoms with Crippen LogP contribution in [0.3, 0.4) is 0 Å². The summed E-state index contributed by atoms with van der Waals surface area (Å²) in [5.41, 5.74) is 6.35. The first-order valence-corrected chi connectivity index (χ1v) is 5.60. The van der Waals surface area contributed by atoms with Gasteiger partial charge in [0, 0.05) is 6.42 Å². The topological polar surface area (TPSA) is 94.4 Å². The average molecular weight is 249 g/mol. The van der Waals surface area contributed by atoms with E-state index in [4.69, 9.17) is 14.9 Å². The van der Waals surface area contributed by atoms with E-state index in [1.807, 2.05) is 6.07 Å². The van der Waals surface area contributed by atoms with Crippen LogP contribution in [-0.2, 0) is 19.4 Å². The molecular weight excluding hydrogens is 234 g/mol. The summed E-state index contributed by atoms with van der Waals surface area (Å²) in [7, 11) is 1.52. The fourth-order valence-corrected chi connectivity index (χ4v) is 1.61. The number of rotatable bonds is 5. The molecule has 0 aliphatic heterocycles. The van der Waals surface area contributed by atoms with E-state index in [2.05, 4.69) is 10.2 Å². The second-order valence-electron chi connectivity index (χ2n) is 3.80. The summed E-state index contributed by atoms with van der Waals surface area (Å²) in [6.45, 7) is 0.246. The van der Waals surface area contributed by atoms with E-state index in [0.29, 0.717) is 30.4 Å². The van der Waals surface area contributed by atoms with E-state index in [1.54, 1.807) is 12.1 Å². The highest BCUT2D eigenvalue weighted by Crippen LogP contribution is 2.26. The Morgan fingerprint density at radius 1 is 1.28 bits per heavy atom. The average Bonchev–Trinajstić information content (AvgIpc) is 2.84. The van der Waals surface area contributed by atoms with E-state index in [-0.39, 0.29) is 12.3 Å². The fraction of sp³-hybridized carbons (Fsp3) is 0.333. The molecule has 0 saturated heterocycles. The Morgan fingerprint density at radius 2 is 2.06 bits per heavy atom. The number of hydrogen-bond acceptors (Lipinski definition) is 6. The van der Waals surface area contributed by atoms with Crippen LogP contribution in [0, 0.1) is 0 Å². The maximum Gasteiger partial charge on any atom is 0.230 e. The highest BCUT2D eigenvalue weighted by Gasteiger charge is 2.06. The van der Waals surface area contributed by atoms with Gasteiger partial charge in [0.25, 0.3) is 0 Å². The van der Waals surface area contributed by atoms with Crippen LogP contribution < -0.4 is 10.5 Å². The molecule has 0 atom stereocenters. The van der Waals surface area contributed by atoms with Crippen LogP contribution in [0.15, 0.2) is 22.6 Å². The molecular formula is C12H15N3O3. The third kappa shape index (κ3) is 2.78. The summed E-state index contributed by atoms with van der Waals surface area (Å²) >= 11 is 0. The maximum atomic E-state index is 9.64. The Balaban J connectivity index is 1.99. The van der Waals surface area contributed by atoms with Gasteiger partial charge < -0.3 is 20.0 Å². The number of phenols is 1. The third-order valence-electron chi connectivity index (χ3n) is 2.55. The van der Waals surface area contributed by atoms with Gasteiger partial charge >= 0.3 is 0 Å². The number of benzene rings is 1. The largest absolute Gasteiger partial charge is 0.504 e. The Bertz CT molecular complexity index is 525. The van der Waals surface area contributed by atoms with Gasteiger partial charge in [-0.2, -0.15) is 0 Å². The number of aromatic hydroxyl groups is 1. The Hall–Kier alpha value is -2.08. The van der Waals surface area contributed by atoms with Gasteiger partial charge in [-0.05, 0) is 24.1 Å². The molecule has 0 unspecified atom stereocenters. The van der Waals surface area contributed by atoms with Crippen molar-refractivity contribution in [1.29, 1.82) is 0 Å². The van der Waals surface area contributed by atoms with Gasteiger partial charge in [-0.15, -0.1) is 10.2 Å². The molecule has 0 bridgehead atoms. The SMILES string of the molecule is COc1ccc(CCc2nnc(CN)o2)cc1O. The highest BCUT2D eigenvalue weighted by molar-refractivity contribution is 5.41. The van der Waals surface area contributed by atoms with Crippen LogP contribution in [0.5, 0.6) is 11.5 Å². The number of aromatic nitrogens is 2. The smallest absolute Gasteiger partial charge is 0.230 e. The maximum absolute atomic E-state index is 9.64. The second-order valence-corrected chi connectivity index (χ2v) is 3.80. The minimum absolute atomic E-state index is 0.128. The first-order chi connectivity index (χ1) is 8.72. The molecule has 1 aromatic carbocycles. The van der Waals surface area contributed by atoms with E-state index >= 15 is 0 Å². The van der Waals surface area contributed by atoms with E-state index < -0.39 is 0 Å². The standard InChI is InChI=1S/C12H15N3O3/c1-17-10-4-2-8(6-9(10)16)3-5-11-14-15-12(7-13)18-11/h2,4,6,16H,3,5,7,13H2,1H3. The molecule has 6 heteroatoms. The first-order valence-electron chi connectivity index (χ1n) is 5.60. The zero-order chi connectivity index (χ0) is 13.0. The number of methoxy groups -OCH3 is 1. The van der Waals surface area contributed by atoms with Crippen LogP contribution in [0.25, 0.3) is 0 Å². The summed E-state index contributed by atoms with van der Waals surface area (Å²) < 4.78 is 10.3. The minimum Gasteiger partial charge on any atom is -0.504 e. The molecule has 0 fully saturated rings. The summed E-state index contributed by atoms with van der Waals surface area (Å²) in [5, 5.41) is 17.3. The molecule has 0 aliphatic rings. The normalized spacial score (nSPS) is 10.6. The lowest BCUT2D eigenvalue weighted by Gasteiger charge is -2.05. The molecule has 0 radical (unpaired) electrons. The van der Waals surface area contributed by atoms with Crippen molar-refractivity contribution in [3.8, 4) is 11.5 Å². The summed E-state index contributed by atoms with van der Waals surface area (Å²) in [4.78, 5) is 0. The number of ether oxygens (including phenoxy) is 1. The number of phenolic OH excluding ortho intramolecular Hbond substituents is 1. The van der Waals surface area contributed by atoms with Crippen molar-refractivity contribution in [3.63, 3.8) is 0 Å². The molecule has 3 N–H and O–H groups in total. The summed E-state index contributed by atoms with van der Waals surface area (Å²) in [6, 6.07) is 5.28. The number of hydrogen-bond donors (Lipinski definition) is 2. The lowest BCUT2D eigenvalue weighted by atomic mass is 10.1. The van der Waals surface area contributed by atoms with Crippen LogP contribution in [0.1, 0.15) is 17.3 Å². The third-order valence-corrected chi connectivity index (χ3v) is 2.55. The van der Waals surface area contributed by atoms with Crippen molar-refractivity contribution in [2.24, 2.45) is 5.73 Å². The van der Waals surface area contributed by atoms with Gasteiger partial charge in [0.15, 0.2) is 11.5 Å². The monoisotopic (exact) mass is 249 g/mol. The van der Waals surface area contributed by atoms with Crippen molar-refractivity contribution in [3.05, 3.63) is 35.5 Å². The molecule has 0 aliphatic carbocycles. The quantitative estimate of drug-likeness (QED) is 0.821. The van der Waals surface area contributed by atoms with Crippen molar-refractivity contribution < 1.29 is 14.3 Å². The van der Waals surface area contributed by atoms with Gasteiger partial charge in [-0.3, -0.25) is 0 Å². The predicted octanol–water partition coefficient (Wildman–Crippen LogP) is 1.03. The van der Waals surface area contributed by atoms with Gasteiger partial charge in [0.05, 0.1) is 13.7 Å². The van der Waals surface area contributed by atoms with Crippen molar-refractivity contribution in [1.82, 2.24) is 10.2 Å². The fourth-order valence-electron chi connectivity index (χ4n) is 1.61. The molecule has 0 saturated carbocycles. The van der Waals surface area contributed by atoms with Crippen molar-refractivity contribution in [2.75, 3.05) is 7.11 Å². The Labute approximate surface area is 104 Å². The van der Waals surface area contributed by atoms with Gasteiger partial charge in [0.1, 0.15) is 0 Å². The summed E-state index contributed by atoms with van der Waals surface area (Å²) in [5.74, 6) is 1.57. The zero-order valence-electron chi connectivity index (χ0n) is 10.1. The van der Waals surface area contributed by atoms with E-state index in [0.717, 1.165) is 5.56 Å². The molecule has 0 spiro atoms. The van der Waals surface area contributed by atoms with Crippen LogP contribution in [-0.4, -0.2) is 22.4 Å². The molecule has 1 heterocycles. The van der Waals surface area contributed by atoms with Crippen molar-refractivity contribution >= 4 is 0 Å². The molecule has 2 rings (SSSR count). The summed E-state index contributed by atoms with van der Waals surface area (Å²) in [6.07, 6.45) is 1.31. The molecule has 1 aromatic heterocycles. The minimum atomic E-state index is 0.128. The van der Waals surface area contributed by atoms with Crippen LogP contribution >= 0.6 is 0 Å². The predicted molar refractivity (Wildman–Crippen MR) is 64.3 cm³/mol. The lowest BCUT2D eigenvalue weighted by Crippen LogP contribution is -1.95. The van der Waals surface area contributed by atoms with Crippen molar-refractivity contribution in [2.45, 2.75) is 19.4 Å². The Morgan fingerprint density at radius 3 is 2.67 bits per heavy atom. The first kappa shape index (κ1) is 12.4. The Kier molecular flexibility index (Phi) is 3.78. The van der Waals surface area contributed by atoms with Crippen LogP contribution in [0.4, 0.5) is 0 Å². The molecule has 2 aromatic rings. The van der Waals surface area contributed by atoms with Gasteiger partial charge in [0.2, 0.25) is 11.8 Å². The molecule has 0 amide bonds. The van der Waals surface area contributed by atoms with E-state index in [1.165, 1.54) is 7.11 Å². The van der Waals surface area contributed by atoms with E-state index in [9.17, 15) is 5.11 Å². The number of nitrogens with two attached hydrogens (primary N) is 1. The second kappa shape index (κ2) is 5.50. The number of nitrogens with zero attached hydrogens (tertiary/aromatic N) is 2. The number of aryl methyl sites for hydroxylation is 2. The molecule has 6 nitrogen and oxygen atoms in total. The van der Waals surface area contributed by atoms with Crippen LogP contribution in [0.2, 0.25) is 0 Å².